The van der Waals surface area contributed by atoms with Crippen LogP contribution in [0.2, 0.25) is 0 Å². The van der Waals surface area contributed by atoms with E-state index < -0.39 is 12.3 Å². The third-order valence-electron chi connectivity index (χ3n) is 1.32. The van der Waals surface area contributed by atoms with Crippen LogP contribution in [0.4, 0.5) is 13.2 Å². The molecule has 0 fully saturated rings. The minimum atomic E-state index is -3.49. The molecular formula is C9H8F3O. The highest BCUT2D eigenvalue weighted by Gasteiger charge is 2.36. The fraction of sp³-hybridized carbons (Fsp3) is 0.333. The van der Waals surface area contributed by atoms with Crippen LogP contribution in [0.25, 0.3) is 0 Å². The summed E-state index contributed by atoms with van der Waals surface area (Å²) in [6.45, 7) is 0.463. The Bertz CT molecular complexity index is 255. The fourth-order valence-corrected chi connectivity index (χ4v) is 0.673. The lowest BCUT2D eigenvalue weighted by molar-refractivity contribution is -0.141. The quantitative estimate of drug-likeness (QED) is 0.710. The van der Waals surface area contributed by atoms with Crippen molar-refractivity contribution in [3.63, 3.8) is 0 Å². The molecule has 0 heterocycles. The highest BCUT2D eigenvalue weighted by atomic mass is 19.3. The molecular weight excluding hydrogens is 181 g/mol. The normalized spacial score (nSPS) is 13.8. The summed E-state index contributed by atoms with van der Waals surface area (Å²) in [6.07, 6.45) is -2.62. The molecule has 1 radical (unpaired) electrons. The number of ether oxygens (including phenoxy) is 1. The zero-order valence-electron chi connectivity index (χ0n) is 6.93. The molecule has 0 spiro atoms. The van der Waals surface area contributed by atoms with Crippen molar-refractivity contribution in [2.24, 2.45) is 0 Å². The first-order chi connectivity index (χ1) is 6.00. The van der Waals surface area contributed by atoms with E-state index in [4.69, 9.17) is 0 Å². The van der Waals surface area contributed by atoms with E-state index in [0.717, 1.165) is 0 Å². The van der Waals surface area contributed by atoms with Gasteiger partial charge < -0.3 is 4.74 Å². The van der Waals surface area contributed by atoms with Crippen molar-refractivity contribution < 1.29 is 17.9 Å². The Morgan fingerprint density at radius 2 is 2.23 bits per heavy atom. The summed E-state index contributed by atoms with van der Waals surface area (Å²) in [6, 6.07) is 8.34. The van der Waals surface area contributed by atoms with Crippen LogP contribution in [-0.2, 0) is 0 Å². The third kappa shape index (κ3) is 2.97. The van der Waals surface area contributed by atoms with Crippen LogP contribution >= 0.6 is 0 Å². The standard InChI is InChI=1S/C9H8F3O/c1-9(11,12)8(10)13-7-5-3-2-4-6-7/h2-3,5-6,8H,1H3. The zero-order chi connectivity index (χ0) is 9.90. The minimum Gasteiger partial charge on any atom is -0.454 e. The molecule has 1 rings (SSSR count). The van der Waals surface area contributed by atoms with Gasteiger partial charge in [0, 0.05) is 6.92 Å². The maximum absolute atomic E-state index is 12.6. The van der Waals surface area contributed by atoms with Gasteiger partial charge >= 0.3 is 12.3 Å². The Hall–Kier alpha value is -1.19. The van der Waals surface area contributed by atoms with E-state index in [0.29, 0.717) is 6.92 Å². The number of hydrogen-bond acceptors (Lipinski definition) is 1. The van der Waals surface area contributed by atoms with E-state index in [1.54, 1.807) is 6.07 Å². The molecule has 0 aliphatic carbocycles. The lowest BCUT2D eigenvalue weighted by Crippen LogP contribution is -2.31. The molecule has 0 N–H and O–H groups in total. The second-order valence-corrected chi connectivity index (χ2v) is 2.63. The molecule has 13 heavy (non-hydrogen) atoms. The predicted octanol–water partition coefficient (Wildman–Crippen LogP) is 2.82. The van der Waals surface area contributed by atoms with Crippen molar-refractivity contribution >= 4 is 0 Å². The van der Waals surface area contributed by atoms with Crippen molar-refractivity contribution in [2.45, 2.75) is 19.2 Å². The van der Waals surface area contributed by atoms with Gasteiger partial charge in [0.1, 0.15) is 5.75 Å². The molecule has 1 atom stereocenters. The van der Waals surface area contributed by atoms with Crippen LogP contribution in [0.3, 0.4) is 0 Å². The van der Waals surface area contributed by atoms with Gasteiger partial charge in [-0.3, -0.25) is 0 Å². The number of hydrogen-bond donors (Lipinski definition) is 0. The molecule has 0 bridgehead atoms. The summed E-state index contributed by atoms with van der Waals surface area (Å²) < 4.78 is 41.5. The van der Waals surface area contributed by atoms with Crippen LogP contribution in [0, 0.1) is 6.07 Å². The van der Waals surface area contributed by atoms with Crippen LogP contribution in [0.1, 0.15) is 6.92 Å². The van der Waals surface area contributed by atoms with Crippen molar-refractivity contribution in [3.8, 4) is 5.75 Å². The first-order valence-corrected chi connectivity index (χ1v) is 3.65. The molecule has 0 aromatic heterocycles. The van der Waals surface area contributed by atoms with Gasteiger partial charge in [-0.05, 0) is 18.2 Å². The van der Waals surface area contributed by atoms with Crippen LogP contribution < -0.4 is 4.74 Å². The van der Waals surface area contributed by atoms with Gasteiger partial charge in [0.2, 0.25) is 0 Å². The highest BCUT2D eigenvalue weighted by molar-refractivity contribution is 5.20. The number of halogens is 3. The third-order valence-corrected chi connectivity index (χ3v) is 1.32. The van der Waals surface area contributed by atoms with E-state index in [1.165, 1.54) is 18.2 Å². The van der Waals surface area contributed by atoms with Gasteiger partial charge in [0.15, 0.2) is 0 Å². The first kappa shape index (κ1) is 9.89. The van der Waals surface area contributed by atoms with Crippen molar-refractivity contribution in [2.75, 3.05) is 0 Å². The number of alkyl halides is 3. The molecule has 1 aromatic carbocycles. The topological polar surface area (TPSA) is 9.23 Å². The molecule has 1 aromatic rings. The Balaban J connectivity index is 2.61. The second kappa shape index (κ2) is 3.68. The van der Waals surface area contributed by atoms with Gasteiger partial charge in [-0.15, -0.1) is 0 Å². The molecule has 1 nitrogen and oxygen atoms in total. The number of benzene rings is 1. The lowest BCUT2D eigenvalue weighted by atomic mass is 10.3. The second-order valence-electron chi connectivity index (χ2n) is 2.63. The van der Waals surface area contributed by atoms with Crippen molar-refractivity contribution in [1.82, 2.24) is 0 Å². The van der Waals surface area contributed by atoms with E-state index >= 15 is 0 Å². The lowest BCUT2D eigenvalue weighted by Gasteiger charge is -2.16. The molecule has 0 amide bonds. The van der Waals surface area contributed by atoms with E-state index in [9.17, 15) is 13.2 Å². The summed E-state index contributed by atoms with van der Waals surface area (Å²) in [7, 11) is 0. The Kier molecular flexibility index (Phi) is 2.80. The SMILES string of the molecule is CC(F)(F)C(F)Oc1c[c]ccc1. The Labute approximate surface area is 74.1 Å². The van der Waals surface area contributed by atoms with Gasteiger partial charge in [-0.25, -0.2) is 0 Å². The largest absolute Gasteiger partial charge is 0.454 e. The molecule has 0 saturated carbocycles. The molecule has 0 aliphatic heterocycles. The Morgan fingerprint density at radius 3 is 2.69 bits per heavy atom. The fourth-order valence-electron chi connectivity index (χ4n) is 0.673. The van der Waals surface area contributed by atoms with Crippen molar-refractivity contribution in [3.05, 3.63) is 30.3 Å². The number of rotatable bonds is 3. The average Bonchev–Trinajstić information content (AvgIpc) is 2.04. The highest BCUT2D eigenvalue weighted by Crippen LogP contribution is 2.23. The van der Waals surface area contributed by atoms with Crippen LogP contribution in [0.15, 0.2) is 24.3 Å². The minimum absolute atomic E-state index is 0.0384. The Morgan fingerprint density at radius 1 is 1.54 bits per heavy atom. The molecule has 1 unspecified atom stereocenters. The average molecular weight is 189 g/mol. The summed E-state index contributed by atoms with van der Waals surface area (Å²) in [5.74, 6) is -3.45. The van der Waals surface area contributed by atoms with Crippen LogP contribution in [0.5, 0.6) is 5.75 Å². The summed E-state index contributed by atoms with van der Waals surface area (Å²) in [4.78, 5) is 0. The van der Waals surface area contributed by atoms with E-state index in [1.807, 2.05) is 0 Å². The predicted molar refractivity (Wildman–Crippen MR) is 41.4 cm³/mol. The first-order valence-electron chi connectivity index (χ1n) is 3.65. The molecule has 71 valence electrons. The van der Waals surface area contributed by atoms with Gasteiger partial charge in [0.05, 0.1) is 0 Å². The molecule has 0 saturated heterocycles. The van der Waals surface area contributed by atoms with Gasteiger partial charge in [-0.2, -0.15) is 13.2 Å². The maximum Gasteiger partial charge on any atom is 0.310 e. The summed E-state index contributed by atoms with van der Waals surface area (Å²) in [5, 5.41) is 0. The zero-order valence-corrected chi connectivity index (χ0v) is 6.93. The summed E-state index contributed by atoms with van der Waals surface area (Å²) >= 11 is 0. The van der Waals surface area contributed by atoms with Crippen molar-refractivity contribution in [1.29, 1.82) is 0 Å². The maximum atomic E-state index is 12.6. The van der Waals surface area contributed by atoms with Gasteiger partial charge in [0.25, 0.3) is 0 Å². The summed E-state index contributed by atoms with van der Waals surface area (Å²) in [5.41, 5.74) is 0. The molecule has 0 aliphatic rings. The van der Waals surface area contributed by atoms with E-state index in [-0.39, 0.29) is 5.75 Å². The van der Waals surface area contributed by atoms with Gasteiger partial charge in [-0.1, -0.05) is 12.1 Å². The smallest absolute Gasteiger partial charge is 0.310 e. The van der Waals surface area contributed by atoms with E-state index in [2.05, 4.69) is 10.8 Å². The van der Waals surface area contributed by atoms with Crippen LogP contribution in [-0.4, -0.2) is 12.3 Å². The molecule has 4 heteroatoms. The monoisotopic (exact) mass is 189 g/mol.